The molecule has 3 heterocycles. The number of carbonyl (C=O) groups excluding carboxylic acids is 2. The number of aromatic nitrogens is 2. The molecule has 6 rings (SSSR count). The molecule has 0 aliphatic carbocycles. The lowest BCUT2D eigenvalue weighted by Gasteiger charge is -2.23. The maximum absolute atomic E-state index is 13.7. The Kier molecular flexibility index (Phi) is 9.31. The third-order valence-corrected chi connectivity index (χ3v) is 9.45. The SMILES string of the molecule is CCCCCOc1cccc(C2/C(=C(\O)c3ccc4c(c3)OCCO4)C(=O)C(=O)N2c2nnc(SCc3ccc(F)cc3)s2)c1. The maximum Gasteiger partial charge on any atom is 0.301 e. The van der Waals surface area contributed by atoms with Gasteiger partial charge in [0.2, 0.25) is 5.13 Å². The monoisotopic (exact) mass is 647 g/mol. The number of nitrogens with zero attached hydrogens (tertiary/aromatic N) is 3. The third-order valence-electron chi connectivity index (χ3n) is 7.33. The second kappa shape index (κ2) is 13.7. The van der Waals surface area contributed by atoms with Gasteiger partial charge in [0.25, 0.3) is 5.78 Å². The van der Waals surface area contributed by atoms with E-state index in [0.29, 0.717) is 58.3 Å². The minimum atomic E-state index is -1.000. The first-order chi connectivity index (χ1) is 21.9. The van der Waals surface area contributed by atoms with Crippen LogP contribution in [0.1, 0.15) is 48.9 Å². The van der Waals surface area contributed by atoms with Gasteiger partial charge in [-0.05, 0) is 60.0 Å². The fourth-order valence-electron chi connectivity index (χ4n) is 5.09. The number of Topliss-reactive ketones (excluding diaryl/α,β-unsaturated/α-hetero) is 1. The van der Waals surface area contributed by atoms with Crippen LogP contribution in [0.4, 0.5) is 9.52 Å². The summed E-state index contributed by atoms with van der Waals surface area (Å²) in [5.41, 5.74) is 1.68. The summed E-state index contributed by atoms with van der Waals surface area (Å²) in [5, 5.41) is 20.3. The maximum atomic E-state index is 13.7. The number of unbranched alkanes of at least 4 members (excludes halogenated alkanes) is 2. The van der Waals surface area contributed by atoms with Crippen LogP contribution in [0.2, 0.25) is 0 Å². The van der Waals surface area contributed by atoms with Crippen LogP contribution in [0.25, 0.3) is 5.76 Å². The molecule has 45 heavy (non-hydrogen) atoms. The van der Waals surface area contributed by atoms with Crippen molar-refractivity contribution in [2.24, 2.45) is 0 Å². The first kappa shape index (κ1) is 30.6. The summed E-state index contributed by atoms with van der Waals surface area (Å²) in [7, 11) is 0. The lowest BCUT2D eigenvalue weighted by atomic mass is 9.95. The van der Waals surface area contributed by atoms with E-state index in [1.165, 1.54) is 28.8 Å². The van der Waals surface area contributed by atoms with Crippen molar-refractivity contribution < 1.29 is 33.3 Å². The van der Waals surface area contributed by atoms with Crippen LogP contribution in [0.3, 0.4) is 0 Å². The number of carbonyl (C=O) groups is 2. The van der Waals surface area contributed by atoms with Crippen molar-refractivity contribution in [3.8, 4) is 17.2 Å². The van der Waals surface area contributed by atoms with Crippen molar-refractivity contribution in [1.82, 2.24) is 10.2 Å². The van der Waals surface area contributed by atoms with Crippen LogP contribution in [-0.4, -0.2) is 46.8 Å². The van der Waals surface area contributed by atoms with Crippen molar-refractivity contribution in [3.05, 3.63) is 94.8 Å². The highest BCUT2D eigenvalue weighted by molar-refractivity contribution is 8.00. The molecule has 1 amide bonds. The summed E-state index contributed by atoms with van der Waals surface area (Å²) in [5.74, 6) is -0.281. The third kappa shape index (κ3) is 6.66. The zero-order valence-electron chi connectivity index (χ0n) is 24.4. The molecule has 4 aromatic rings. The van der Waals surface area contributed by atoms with E-state index in [1.54, 1.807) is 48.5 Å². The van der Waals surface area contributed by atoms with Gasteiger partial charge in [-0.2, -0.15) is 0 Å². The minimum Gasteiger partial charge on any atom is -0.507 e. The fraction of sp³-hybridized carbons (Fsp3) is 0.273. The topological polar surface area (TPSA) is 111 Å². The Bertz CT molecular complexity index is 1740. The molecule has 9 nitrogen and oxygen atoms in total. The molecule has 0 bridgehead atoms. The number of thioether (sulfide) groups is 1. The van der Waals surface area contributed by atoms with Gasteiger partial charge in [-0.25, -0.2) is 4.39 Å². The number of benzene rings is 3. The normalized spacial score (nSPS) is 17.1. The van der Waals surface area contributed by atoms with Crippen LogP contribution in [0, 0.1) is 5.82 Å². The van der Waals surface area contributed by atoms with E-state index < -0.39 is 17.7 Å². The van der Waals surface area contributed by atoms with Gasteiger partial charge in [-0.3, -0.25) is 14.5 Å². The number of fused-ring (bicyclic) bond motifs is 1. The number of rotatable bonds is 11. The van der Waals surface area contributed by atoms with E-state index in [4.69, 9.17) is 14.2 Å². The van der Waals surface area contributed by atoms with Crippen molar-refractivity contribution in [1.29, 1.82) is 0 Å². The Morgan fingerprint density at radius 1 is 1.04 bits per heavy atom. The lowest BCUT2D eigenvalue weighted by molar-refractivity contribution is -0.132. The van der Waals surface area contributed by atoms with Crippen LogP contribution in [0.15, 0.2) is 76.6 Å². The molecule has 3 aromatic carbocycles. The van der Waals surface area contributed by atoms with Gasteiger partial charge in [0.05, 0.1) is 18.2 Å². The van der Waals surface area contributed by atoms with E-state index in [0.717, 1.165) is 36.2 Å². The Hall–Kier alpha value is -4.42. The van der Waals surface area contributed by atoms with Gasteiger partial charge in [-0.15, -0.1) is 10.2 Å². The van der Waals surface area contributed by atoms with E-state index in [9.17, 15) is 19.1 Å². The number of hydrogen-bond donors (Lipinski definition) is 1. The molecule has 1 atom stereocenters. The van der Waals surface area contributed by atoms with Crippen molar-refractivity contribution in [3.63, 3.8) is 0 Å². The first-order valence-corrected chi connectivity index (χ1v) is 16.4. The number of ether oxygens (including phenoxy) is 3. The van der Waals surface area contributed by atoms with Crippen LogP contribution >= 0.6 is 23.1 Å². The molecule has 0 saturated carbocycles. The lowest BCUT2D eigenvalue weighted by Crippen LogP contribution is -2.29. The van der Waals surface area contributed by atoms with Crippen LogP contribution < -0.4 is 19.1 Å². The predicted octanol–water partition coefficient (Wildman–Crippen LogP) is 6.94. The second-order valence-electron chi connectivity index (χ2n) is 10.4. The summed E-state index contributed by atoms with van der Waals surface area (Å²) in [6, 6.07) is 17.2. The summed E-state index contributed by atoms with van der Waals surface area (Å²) in [6.07, 6.45) is 2.99. The van der Waals surface area contributed by atoms with Crippen molar-refractivity contribution in [2.75, 3.05) is 24.7 Å². The largest absolute Gasteiger partial charge is 0.507 e. The highest BCUT2D eigenvalue weighted by Gasteiger charge is 2.48. The van der Waals surface area contributed by atoms with Gasteiger partial charge >= 0.3 is 5.91 Å². The highest BCUT2D eigenvalue weighted by atomic mass is 32.2. The standard InChI is InChI=1S/C33H30FN3O6S2/c1-2-3-4-14-41-24-7-5-6-21(17-24)28-27(29(38)22-10-13-25-26(18-22)43-16-15-42-25)30(39)31(40)37(28)32-35-36-33(45-32)44-19-20-8-11-23(34)12-9-20/h5-13,17-18,28,38H,2-4,14-16,19H2,1H3/b29-27+. The van der Waals surface area contributed by atoms with Crippen LogP contribution in [0.5, 0.6) is 17.2 Å². The molecule has 12 heteroatoms. The molecule has 1 N–H and O–H groups in total. The predicted molar refractivity (Wildman–Crippen MR) is 170 cm³/mol. The fourth-order valence-corrected chi connectivity index (χ4v) is 6.92. The van der Waals surface area contributed by atoms with E-state index in [2.05, 4.69) is 17.1 Å². The summed E-state index contributed by atoms with van der Waals surface area (Å²) in [4.78, 5) is 28.6. The van der Waals surface area contributed by atoms with Crippen molar-refractivity contribution >= 4 is 45.7 Å². The molecule has 1 aromatic heterocycles. The zero-order valence-corrected chi connectivity index (χ0v) is 26.0. The summed E-state index contributed by atoms with van der Waals surface area (Å²) < 4.78 is 31.2. The number of aliphatic hydroxyl groups excluding tert-OH is 1. The number of halogens is 1. The van der Waals surface area contributed by atoms with E-state index in [-0.39, 0.29) is 22.3 Å². The average molecular weight is 648 g/mol. The smallest absolute Gasteiger partial charge is 0.301 e. The number of hydrogen-bond acceptors (Lipinski definition) is 10. The number of ketones is 1. The van der Waals surface area contributed by atoms with Gasteiger partial charge < -0.3 is 19.3 Å². The summed E-state index contributed by atoms with van der Waals surface area (Å²) in [6.45, 7) is 3.41. The van der Waals surface area contributed by atoms with Gasteiger partial charge in [0.15, 0.2) is 15.8 Å². The molecule has 2 aliphatic heterocycles. The molecule has 1 unspecified atom stereocenters. The average Bonchev–Trinajstić information content (AvgIpc) is 3.64. The molecule has 2 aliphatic rings. The number of amides is 1. The zero-order chi connectivity index (χ0) is 31.3. The number of anilines is 1. The number of aliphatic hydroxyl groups is 1. The molecular formula is C33H30FN3O6S2. The van der Waals surface area contributed by atoms with E-state index >= 15 is 0 Å². The van der Waals surface area contributed by atoms with Gasteiger partial charge in [0, 0.05) is 11.3 Å². The Labute approximate surface area is 267 Å². The molecular weight excluding hydrogens is 618 g/mol. The van der Waals surface area contributed by atoms with Gasteiger partial charge in [0.1, 0.15) is 30.5 Å². The molecule has 0 radical (unpaired) electrons. The van der Waals surface area contributed by atoms with Crippen LogP contribution in [-0.2, 0) is 15.3 Å². The second-order valence-corrected chi connectivity index (χ2v) is 12.6. The van der Waals surface area contributed by atoms with Crippen molar-refractivity contribution in [2.45, 2.75) is 42.3 Å². The Morgan fingerprint density at radius 3 is 2.64 bits per heavy atom. The van der Waals surface area contributed by atoms with Gasteiger partial charge in [-0.1, -0.05) is 67.1 Å². The first-order valence-electron chi connectivity index (χ1n) is 14.6. The molecule has 232 valence electrons. The molecule has 0 spiro atoms. The Morgan fingerprint density at radius 2 is 1.84 bits per heavy atom. The molecule has 1 saturated heterocycles. The minimum absolute atomic E-state index is 0.0875. The van der Waals surface area contributed by atoms with E-state index in [1.807, 2.05) is 6.07 Å². The summed E-state index contributed by atoms with van der Waals surface area (Å²) >= 11 is 2.54. The quantitative estimate of drug-likeness (QED) is 0.0462. The molecule has 1 fully saturated rings. The highest BCUT2D eigenvalue weighted by Crippen LogP contribution is 2.45. The Balaban J connectivity index is 1.37.